The van der Waals surface area contributed by atoms with Crippen LogP contribution in [0.4, 0.5) is 4.79 Å². The van der Waals surface area contributed by atoms with Gasteiger partial charge in [0, 0.05) is 5.56 Å². The molecule has 1 aromatic carbocycles. The van der Waals surface area contributed by atoms with Crippen molar-refractivity contribution in [1.82, 2.24) is 21.1 Å². The van der Waals surface area contributed by atoms with Gasteiger partial charge in [0.2, 0.25) is 0 Å². The smallest absolute Gasteiger partial charge is 0.344 e. The molecule has 9 nitrogen and oxygen atoms in total. The van der Waals surface area contributed by atoms with Crippen LogP contribution >= 0.6 is 0 Å². The molecule has 3 N–H and O–H groups in total. The fourth-order valence-corrected chi connectivity index (χ4v) is 3.61. The third-order valence-electron chi connectivity index (χ3n) is 5.36. The number of hydrogen-bond acceptors (Lipinski definition) is 5. The minimum atomic E-state index is -0.928. The number of urea groups is 1. The summed E-state index contributed by atoms with van der Waals surface area (Å²) in [6.07, 6.45) is 2.79. The lowest BCUT2D eigenvalue weighted by molar-refractivity contribution is -0.139. The van der Waals surface area contributed by atoms with E-state index in [1.807, 2.05) is 6.92 Å². The molecule has 1 saturated carbocycles. The van der Waals surface area contributed by atoms with Crippen LogP contribution in [0.3, 0.4) is 0 Å². The lowest BCUT2D eigenvalue weighted by Crippen LogP contribution is -2.52. The Kier molecular flexibility index (Phi) is 6.05. The first kappa shape index (κ1) is 20.6. The van der Waals surface area contributed by atoms with E-state index in [9.17, 15) is 19.2 Å². The van der Waals surface area contributed by atoms with Crippen LogP contribution < -0.4 is 20.8 Å². The average molecular weight is 402 g/mol. The summed E-state index contributed by atoms with van der Waals surface area (Å²) in [4.78, 5) is 49.2. The largest absolute Gasteiger partial charge is 0.494 e. The number of hydrogen-bond donors (Lipinski definition) is 3. The molecule has 1 spiro atoms. The van der Waals surface area contributed by atoms with E-state index < -0.39 is 29.3 Å². The van der Waals surface area contributed by atoms with Gasteiger partial charge in [-0.15, -0.1) is 0 Å². The Morgan fingerprint density at radius 1 is 1.21 bits per heavy atom. The van der Waals surface area contributed by atoms with E-state index >= 15 is 0 Å². The molecule has 29 heavy (non-hydrogen) atoms. The van der Waals surface area contributed by atoms with Crippen LogP contribution in [0, 0.1) is 5.92 Å². The SMILES string of the molecule is CCOc1ccc(C(=O)NCC(=O)NN2C(=O)NC3(CCC(C)CC3)C2=O)cc1. The van der Waals surface area contributed by atoms with Gasteiger partial charge in [-0.1, -0.05) is 6.92 Å². The maximum absolute atomic E-state index is 12.7. The number of amides is 5. The number of carbonyl (C=O) groups is 4. The van der Waals surface area contributed by atoms with Crippen LogP contribution in [0.5, 0.6) is 5.75 Å². The molecule has 0 aromatic heterocycles. The Bertz CT molecular complexity index is 800. The first-order valence-corrected chi connectivity index (χ1v) is 9.82. The molecule has 1 saturated heterocycles. The number of imide groups is 1. The number of rotatable bonds is 6. The normalized spacial score (nSPS) is 23.7. The Balaban J connectivity index is 1.52. The summed E-state index contributed by atoms with van der Waals surface area (Å²) in [7, 11) is 0. The summed E-state index contributed by atoms with van der Waals surface area (Å²) in [6, 6.07) is 5.86. The Labute approximate surface area is 169 Å². The van der Waals surface area contributed by atoms with Gasteiger partial charge >= 0.3 is 6.03 Å². The van der Waals surface area contributed by atoms with Crippen molar-refractivity contribution in [2.45, 2.75) is 45.1 Å². The lowest BCUT2D eigenvalue weighted by Gasteiger charge is -2.33. The second kappa shape index (κ2) is 8.50. The molecule has 0 unspecified atom stereocenters. The number of nitrogens with one attached hydrogen (secondary N) is 3. The van der Waals surface area contributed by atoms with E-state index in [0.717, 1.165) is 17.9 Å². The molecule has 156 valence electrons. The summed E-state index contributed by atoms with van der Waals surface area (Å²) < 4.78 is 5.32. The first-order chi connectivity index (χ1) is 13.8. The van der Waals surface area contributed by atoms with Gasteiger partial charge in [0.25, 0.3) is 17.7 Å². The average Bonchev–Trinajstić information content (AvgIpc) is 2.93. The molecule has 1 aromatic rings. The van der Waals surface area contributed by atoms with Gasteiger partial charge in [-0.2, -0.15) is 5.01 Å². The maximum atomic E-state index is 12.7. The number of ether oxygens (including phenoxy) is 1. The van der Waals surface area contributed by atoms with Gasteiger partial charge < -0.3 is 15.4 Å². The van der Waals surface area contributed by atoms with Gasteiger partial charge in [-0.3, -0.25) is 19.8 Å². The zero-order chi connectivity index (χ0) is 21.0. The summed E-state index contributed by atoms with van der Waals surface area (Å²) in [6.45, 7) is 4.13. The highest BCUT2D eigenvalue weighted by Gasteiger charge is 2.52. The minimum absolute atomic E-state index is 0.367. The Morgan fingerprint density at radius 2 is 1.86 bits per heavy atom. The highest BCUT2D eigenvalue weighted by Crippen LogP contribution is 2.35. The van der Waals surface area contributed by atoms with Crippen molar-refractivity contribution in [3.8, 4) is 5.75 Å². The molecule has 2 fully saturated rings. The molecule has 3 rings (SSSR count). The van der Waals surface area contributed by atoms with Gasteiger partial charge in [0.15, 0.2) is 0 Å². The van der Waals surface area contributed by atoms with Gasteiger partial charge in [-0.25, -0.2) is 4.79 Å². The summed E-state index contributed by atoms with van der Waals surface area (Å²) in [5.74, 6) is -0.397. The Hall–Kier alpha value is -3.10. The van der Waals surface area contributed by atoms with Crippen LogP contribution in [-0.4, -0.2) is 47.5 Å². The third kappa shape index (κ3) is 4.49. The van der Waals surface area contributed by atoms with Crippen molar-refractivity contribution in [3.05, 3.63) is 29.8 Å². The molecule has 1 aliphatic carbocycles. The molecular weight excluding hydrogens is 376 g/mol. The van der Waals surface area contributed by atoms with Crippen molar-refractivity contribution < 1.29 is 23.9 Å². The van der Waals surface area contributed by atoms with Gasteiger partial charge in [0.1, 0.15) is 11.3 Å². The molecule has 0 atom stereocenters. The fraction of sp³-hybridized carbons (Fsp3) is 0.500. The van der Waals surface area contributed by atoms with E-state index in [1.165, 1.54) is 0 Å². The van der Waals surface area contributed by atoms with Crippen molar-refractivity contribution >= 4 is 23.8 Å². The number of benzene rings is 1. The van der Waals surface area contributed by atoms with Crippen molar-refractivity contribution in [2.75, 3.05) is 13.2 Å². The van der Waals surface area contributed by atoms with E-state index in [-0.39, 0.29) is 6.54 Å². The monoisotopic (exact) mass is 402 g/mol. The van der Waals surface area contributed by atoms with Crippen LogP contribution in [0.2, 0.25) is 0 Å². The third-order valence-corrected chi connectivity index (χ3v) is 5.36. The number of hydrazine groups is 1. The number of carbonyl (C=O) groups excluding carboxylic acids is 4. The van der Waals surface area contributed by atoms with Crippen molar-refractivity contribution in [2.24, 2.45) is 5.92 Å². The molecule has 5 amide bonds. The van der Waals surface area contributed by atoms with Gasteiger partial charge in [0.05, 0.1) is 13.2 Å². The highest BCUT2D eigenvalue weighted by atomic mass is 16.5. The highest BCUT2D eigenvalue weighted by molar-refractivity contribution is 6.08. The summed E-state index contributed by atoms with van der Waals surface area (Å²) >= 11 is 0. The van der Waals surface area contributed by atoms with E-state index in [2.05, 4.69) is 23.0 Å². The van der Waals surface area contributed by atoms with Crippen LogP contribution in [0.25, 0.3) is 0 Å². The standard InChI is InChI=1S/C20H26N4O5/c1-3-29-15-6-4-14(5-7-15)17(26)21-12-16(25)23-24-18(27)20(22-19(24)28)10-8-13(2)9-11-20/h4-7,13H,3,8-12H2,1-2H3,(H,21,26)(H,22,28)(H,23,25). The molecule has 2 aliphatic rings. The van der Waals surface area contributed by atoms with Crippen LogP contribution in [0.15, 0.2) is 24.3 Å². The second-order valence-electron chi connectivity index (χ2n) is 7.51. The lowest BCUT2D eigenvalue weighted by atomic mass is 9.77. The van der Waals surface area contributed by atoms with Crippen molar-refractivity contribution in [1.29, 1.82) is 0 Å². The van der Waals surface area contributed by atoms with Crippen LogP contribution in [0.1, 0.15) is 49.9 Å². The molecular formula is C20H26N4O5. The van der Waals surface area contributed by atoms with E-state index in [0.29, 0.717) is 36.7 Å². The Morgan fingerprint density at radius 3 is 2.48 bits per heavy atom. The first-order valence-electron chi connectivity index (χ1n) is 9.82. The summed E-state index contributed by atoms with van der Waals surface area (Å²) in [5.41, 5.74) is 1.73. The van der Waals surface area contributed by atoms with Gasteiger partial charge in [-0.05, 0) is 62.8 Å². The van der Waals surface area contributed by atoms with Crippen molar-refractivity contribution in [3.63, 3.8) is 0 Å². The predicted molar refractivity (Wildman–Crippen MR) is 104 cm³/mol. The van der Waals surface area contributed by atoms with E-state index in [1.54, 1.807) is 24.3 Å². The molecule has 1 heterocycles. The molecule has 0 radical (unpaired) electrons. The number of nitrogens with zero attached hydrogens (tertiary/aromatic N) is 1. The van der Waals surface area contributed by atoms with Crippen LogP contribution in [-0.2, 0) is 9.59 Å². The molecule has 9 heteroatoms. The zero-order valence-corrected chi connectivity index (χ0v) is 16.6. The molecule has 0 bridgehead atoms. The quantitative estimate of drug-likeness (QED) is 0.621. The topological polar surface area (TPSA) is 117 Å². The molecule has 1 aliphatic heterocycles. The fourth-order valence-electron chi connectivity index (χ4n) is 3.61. The maximum Gasteiger partial charge on any atom is 0.344 e. The second-order valence-corrected chi connectivity index (χ2v) is 7.51. The minimum Gasteiger partial charge on any atom is -0.494 e. The predicted octanol–water partition coefficient (Wildman–Crippen LogP) is 1.35. The summed E-state index contributed by atoms with van der Waals surface area (Å²) in [5, 5.41) is 5.92. The zero-order valence-electron chi connectivity index (χ0n) is 16.6. The van der Waals surface area contributed by atoms with E-state index in [4.69, 9.17) is 4.74 Å².